The number of piperazine rings is 1. The molecule has 5 nitrogen and oxygen atoms in total. The average Bonchev–Trinajstić information content (AvgIpc) is 2.62. The molecule has 1 aromatic rings. The number of carbonyl (C=O) groups is 2. The molecule has 25 heavy (non-hydrogen) atoms. The van der Waals surface area contributed by atoms with E-state index in [0.717, 1.165) is 25.2 Å². The van der Waals surface area contributed by atoms with Gasteiger partial charge in [0.1, 0.15) is 0 Å². The highest BCUT2D eigenvalue weighted by atomic mass is 19.4. The van der Waals surface area contributed by atoms with Gasteiger partial charge in [-0.3, -0.25) is 9.59 Å². The van der Waals surface area contributed by atoms with Crippen LogP contribution in [0, 0.1) is 0 Å². The summed E-state index contributed by atoms with van der Waals surface area (Å²) in [6, 6.07) is 4.14. The van der Waals surface area contributed by atoms with Crippen molar-refractivity contribution in [2.45, 2.75) is 19.5 Å². The average molecular weight is 357 g/mol. The topological polar surface area (TPSA) is 52.7 Å². The Bertz CT molecular complexity index is 596. The van der Waals surface area contributed by atoms with Gasteiger partial charge in [-0.1, -0.05) is 0 Å². The third-order valence-corrected chi connectivity index (χ3v) is 4.19. The van der Waals surface area contributed by atoms with Crippen LogP contribution in [0.4, 0.5) is 13.2 Å². The number of hydrogen-bond acceptors (Lipinski definition) is 3. The summed E-state index contributed by atoms with van der Waals surface area (Å²) in [5.74, 6) is -0.385. The van der Waals surface area contributed by atoms with Crippen molar-refractivity contribution in [3.05, 3.63) is 35.4 Å². The predicted octanol–water partition coefficient (Wildman–Crippen LogP) is 1.99. The number of halogens is 3. The first-order valence-electron chi connectivity index (χ1n) is 8.28. The Morgan fingerprint density at radius 2 is 1.76 bits per heavy atom. The Morgan fingerprint density at radius 1 is 1.16 bits per heavy atom. The van der Waals surface area contributed by atoms with Gasteiger partial charge in [-0.2, -0.15) is 13.2 Å². The van der Waals surface area contributed by atoms with E-state index in [1.807, 2.05) is 0 Å². The van der Waals surface area contributed by atoms with Crippen molar-refractivity contribution in [1.82, 2.24) is 15.1 Å². The van der Waals surface area contributed by atoms with Gasteiger partial charge in [0.25, 0.3) is 5.91 Å². The number of alkyl halides is 3. The lowest BCUT2D eigenvalue weighted by atomic mass is 10.1. The Kier molecular flexibility index (Phi) is 6.41. The van der Waals surface area contributed by atoms with Crippen molar-refractivity contribution in [3.63, 3.8) is 0 Å². The Hall–Kier alpha value is -2.09. The van der Waals surface area contributed by atoms with Crippen LogP contribution < -0.4 is 5.32 Å². The maximum Gasteiger partial charge on any atom is 0.416 e. The molecule has 0 aliphatic carbocycles. The van der Waals surface area contributed by atoms with Gasteiger partial charge in [0.2, 0.25) is 5.91 Å². The normalized spacial score (nSPS) is 15.1. The second-order valence-electron chi connectivity index (χ2n) is 5.84. The van der Waals surface area contributed by atoms with Gasteiger partial charge in [-0.15, -0.1) is 0 Å². The van der Waals surface area contributed by atoms with E-state index in [4.69, 9.17) is 0 Å². The van der Waals surface area contributed by atoms with Crippen molar-refractivity contribution in [1.29, 1.82) is 0 Å². The SMILES string of the molecule is CCN(CCC(=O)N1CCNCC1)C(=O)c1ccc(C(F)(F)F)cc1. The van der Waals surface area contributed by atoms with Crippen LogP contribution in [0.5, 0.6) is 0 Å². The minimum atomic E-state index is -4.43. The number of amides is 2. The van der Waals surface area contributed by atoms with E-state index in [2.05, 4.69) is 5.32 Å². The molecule has 0 unspecified atom stereocenters. The van der Waals surface area contributed by atoms with Crippen molar-refractivity contribution in [2.75, 3.05) is 39.3 Å². The van der Waals surface area contributed by atoms with Crippen LogP contribution in [0.3, 0.4) is 0 Å². The van der Waals surface area contributed by atoms with E-state index in [-0.39, 0.29) is 30.3 Å². The van der Waals surface area contributed by atoms with E-state index in [1.165, 1.54) is 17.0 Å². The van der Waals surface area contributed by atoms with Gasteiger partial charge in [-0.05, 0) is 31.2 Å². The lowest BCUT2D eigenvalue weighted by molar-refractivity contribution is -0.137. The second-order valence-corrected chi connectivity index (χ2v) is 5.84. The van der Waals surface area contributed by atoms with Crippen LogP contribution >= 0.6 is 0 Å². The molecule has 0 saturated carbocycles. The fourth-order valence-corrected chi connectivity index (χ4v) is 2.69. The van der Waals surface area contributed by atoms with E-state index >= 15 is 0 Å². The molecule has 1 N–H and O–H groups in total. The number of carbonyl (C=O) groups excluding carboxylic acids is 2. The highest BCUT2D eigenvalue weighted by molar-refractivity contribution is 5.94. The number of rotatable bonds is 5. The maximum atomic E-state index is 12.6. The molecular formula is C17H22F3N3O2. The molecule has 0 bridgehead atoms. The summed E-state index contributed by atoms with van der Waals surface area (Å²) in [4.78, 5) is 27.8. The molecule has 0 atom stereocenters. The standard InChI is InChI=1S/C17H22F3N3O2/c1-2-22(10-7-15(24)23-11-8-21-9-12-23)16(25)13-3-5-14(6-4-13)17(18,19)20/h3-6,21H,2,7-12H2,1H3. The van der Waals surface area contributed by atoms with E-state index in [0.29, 0.717) is 19.6 Å². The zero-order valence-corrected chi connectivity index (χ0v) is 14.1. The van der Waals surface area contributed by atoms with Gasteiger partial charge in [0.05, 0.1) is 5.56 Å². The molecule has 1 fully saturated rings. The fourth-order valence-electron chi connectivity index (χ4n) is 2.69. The minimum Gasteiger partial charge on any atom is -0.340 e. The first-order chi connectivity index (χ1) is 11.8. The van der Waals surface area contributed by atoms with Gasteiger partial charge >= 0.3 is 6.18 Å². The van der Waals surface area contributed by atoms with Gasteiger partial charge in [0, 0.05) is 51.3 Å². The summed E-state index contributed by atoms with van der Waals surface area (Å²) < 4.78 is 37.8. The van der Waals surface area contributed by atoms with E-state index in [9.17, 15) is 22.8 Å². The van der Waals surface area contributed by atoms with Crippen molar-refractivity contribution >= 4 is 11.8 Å². The van der Waals surface area contributed by atoms with Crippen molar-refractivity contribution < 1.29 is 22.8 Å². The maximum absolute atomic E-state index is 12.6. The molecule has 1 heterocycles. The lowest BCUT2D eigenvalue weighted by Crippen LogP contribution is -2.47. The highest BCUT2D eigenvalue weighted by Crippen LogP contribution is 2.29. The Labute approximate surface area is 144 Å². The van der Waals surface area contributed by atoms with Crippen molar-refractivity contribution in [3.8, 4) is 0 Å². The van der Waals surface area contributed by atoms with E-state index < -0.39 is 11.7 Å². The second kappa shape index (κ2) is 8.33. The van der Waals surface area contributed by atoms with Crippen LogP contribution in [-0.2, 0) is 11.0 Å². The van der Waals surface area contributed by atoms with Crippen LogP contribution in [0.15, 0.2) is 24.3 Å². The summed E-state index contributed by atoms with van der Waals surface area (Å²) >= 11 is 0. The number of nitrogens with one attached hydrogen (secondary N) is 1. The highest BCUT2D eigenvalue weighted by Gasteiger charge is 2.30. The zero-order valence-electron chi connectivity index (χ0n) is 14.1. The summed E-state index contributed by atoms with van der Waals surface area (Å²) in [7, 11) is 0. The number of hydrogen-bond donors (Lipinski definition) is 1. The molecule has 138 valence electrons. The monoisotopic (exact) mass is 357 g/mol. The van der Waals surface area contributed by atoms with Gasteiger partial charge in [-0.25, -0.2) is 0 Å². The molecule has 0 radical (unpaired) electrons. The molecule has 1 aromatic carbocycles. The number of benzene rings is 1. The van der Waals surface area contributed by atoms with Gasteiger partial charge in [0.15, 0.2) is 0 Å². The molecule has 1 aliphatic heterocycles. The van der Waals surface area contributed by atoms with Gasteiger partial charge < -0.3 is 15.1 Å². The molecule has 1 aliphatic rings. The fraction of sp³-hybridized carbons (Fsp3) is 0.529. The molecule has 0 aromatic heterocycles. The lowest BCUT2D eigenvalue weighted by Gasteiger charge is -2.28. The molecular weight excluding hydrogens is 335 g/mol. The zero-order chi connectivity index (χ0) is 18.4. The molecule has 8 heteroatoms. The van der Waals surface area contributed by atoms with Crippen LogP contribution in [0.25, 0.3) is 0 Å². The molecule has 2 rings (SSSR count). The Morgan fingerprint density at radius 3 is 2.28 bits per heavy atom. The van der Waals surface area contributed by atoms with Crippen LogP contribution in [0.2, 0.25) is 0 Å². The Balaban J connectivity index is 1.94. The molecule has 0 spiro atoms. The summed E-state index contributed by atoms with van der Waals surface area (Å²) in [6.07, 6.45) is -4.22. The largest absolute Gasteiger partial charge is 0.416 e. The van der Waals surface area contributed by atoms with Crippen LogP contribution in [-0.4, -0.2) is 60.9 Å². The first-order valence-corrected chi connectivity index (χ1v) is 8.28. The quantitative estimate of drug-likeness (QED) is 0.877. The summed E-state index contributed by atoms with van der Waals surface area (Å²) in [5, 5.41) is 3.16. The smallest absolute Gasteiger partial charge is 0.340 e. The van der Waals surface area contributed by atoms with Crippen LogP contribution in [0.1, 0.15) is 29.3 Å². The first kappa shape index (κ1) is 19.2. The predicted molar refractivity (Wildman–Crippen MR) is 87.1 cm³/mol. The third kappa shape index (κ3) is 5.19. The van der Waals surface area contributed by atoms with E-state index in [1.54, 1.807) is 11.8 Å². The molecule has 1 saturated heterocycles. The van der Waals surface area contributed by atoms with Crippen molar-refractivity contribution in [2.24, 2.45) is 0 Å². The summed E-state index contributed by atoms with van der Waals surface area (Å²) in [6.45, 7) is 5.22. The summed E-state index contributed by atoms with van der Waals surface area (Å²) in [5.41, 5.74) is -0.606. The minimum absolute atomic E-state index is 0.0137. The third-order valence-electron chi connectivity index (χ3n) is 4.19. The molecule has 2 amide bonds. The number of nitrogens with zero attached hydrogens (tertiary/aromatic N) is 2.